The Labute approximate surface area is 132 Å². The predicted molar refractivity (Wildman–Crippen MR) is 89.8 cm³/mol. The number of nitrogens with zero attached hydrogens (tertiary/aromatic N) is 2. The van der Waals surface area contributed by atoms with Crippen molar-refractivity contribution in [1.29, 1.82) is 5.26 Å². The molecule has 1 atom stereocenters. The summed E-state index contributed by atoms with van der Waals surface area (Å²) in [7, 11) is 0. The molecule has 1 aromatic carbocycles. The molecule has 1 aromatic heterocycles. The normalized spacial score (nSPS) is 18.5. The van der Waals surface area contributed by atoms with Crippen molar-refractivity contribution in [3.8, 4) is 6.07 Å². The minimum Gasteiger partial charge on any atom is -0.347 e. The zero-order valence-corrected chi connectivity index (χ0v) is 13.2. The third kappa shape index (κ3) is 3.01. The van der Waals surface area contributed by atoms with Gasteiger partial charge in [-0.2, -0.15) is 5.26 Å². The zero-order chi connectivity index (χ0) is 15.4. The highest BCUT2D eigenvalue weighted by Gasteiger charge is 2.19. The highest BCUT2D eigenvalue weighted by Crippen LogP contribution is 2.28. The highest BCUT2D eigenvalue weighted by atomic mass is 15.1. The second-order valence-electron chi connectivity index (χ2n) is 6.04. The first kappa shape index (κ1) is 15.1. The van der Waals surface area contributed by atoms with Crippen molar-refractivity contribution in [3.63, 3.8) is 0 Å². The Balaban J connectivity index is 1.99. The van der Waals surface area contributed by atoms with Crippen molar-refractivity contribution in [2.24, 2.45) is 0 Å². The van der Waals surface area contributed by atoms with Crippen molar-refractivity contribution in [1.82, 2.24) is 15.2 Å². The third-order valence-electron chi connectivity index (χ3n) is 4.46. The Morgan fingerprint density at radius 1 is 1.32 bits per heavy atom. The minimum atomic E-state index is 0.331. The minimum absolute atomic E-state index is 0.331. The molecule has 1 aliphatic rings. The van der Waals surface area contributed by atoms with E-state index in [2.05, 4.69) is 40.5 Å². The van der Waals surface area contributed by atoms with E-state index in [-0.39, 0.29) is 0 Å². The fourth-order valence-corrected chi connectivity index (χ4v) is 3.26. The van der Waals surface area contributed by atoms with E-state index in [0.717, 1.165) is 31.7 Å². The molecular weight excluding hydrogens is 272 g/mol. The summed E-state index contributed by atoms with van der Waals surface area (Å²) < 4.78 is 2.36. The van der Waals surface area contributed by atoms with Crippen LogP contribution in [0.25, 0.3) is 10.9 Å². The molecular formula is C18H24N4. The second-order valence-corrected chi connectivity index (χ2v) is 6.04. The standard InChI is InChI=1S/C18H24N4/c1-2-3-4-9-22-13-16(17-12-20-7-8-21-17)15-10-14(11-19)5-6-18(15)22/h5-6,10,13,17,20-21H,2-4,7-9,12H2,1H3. The van der Waals surface area contributed by atoms with Crippen LogP contribution in [0.3, 0.4) is 0 Å². The summed E-state index contributed by atoms with van der Waals surface area (Å²) in [5, 5.41) is 17.5. The van der Waals surface area contributed by atoms with Gasteiger partial charge in [0, 0.05) is 49.3 Å². The molecule has 1 fully saturated rings. The maximum Gasteiger partial charge on any atom is 0.0991 e. The summed E-state index contributed by atoms with van der Waals surface area (Å²) >= 11 is 0. The molecule has 2 heterocycles. The molecule has 0 spiro atoms. The fraction of sp³-hybridized carbons (Fsp3) is 0.500. The summed E-state index contributed by atoms with van der Waals surface area (Å²) in [5.74, 6) is 0. The van der Waals surface area contributed by atoms with Crippen LogP contribution >= 0.6 is 0 Å². The summed E-state index contributed by atoms with van der Waals surface area (Å²) in [4.78, 5) is 0. The van der Waals surface area contributed by atoms with E-state index in [4.69, 9.17) is 0 Å². The molecule has 2 aromatic rings. The van der Waals surface area contributed by atoms with Gasteiger partial charge in [0.15, 0.2) is 0 Å². The van der Waals surface area contributed by atoms with Gasteiger partial charge in [-0.1, -0.05) is 19.8 Å². The maximum absolute atomic E-state index is 9.19. The molecule has 1 aliphatic heterocycles. The number of nitriles is 1. The molecule has 0 aliphatic carbocycles. The molecule has 1 saturated heterocycles. The number of unbranched alkanes of at least 4 members (excludes halogenated alkanes) is 2. The number of rotatable bonds is 5. The van der Waals surface area contributed by atoms with Gasteiger partial charge in [0.1, 0.15) is 0 Å². The first-order valence-electron chi connectivity index (χ1n) is 8.30. The molecule has 0 bridgehead atoms. The van der Waals surface area contributed by atoms with Crippen LogP contribution in [0, 0.1) is 11.3 Å². The molecule has 116 valence electrons. The quantitative estimate of drug-likeness (QED) is 0.834. The van der Waals surface area contributed by atoms with Crippen LogP contribution in [0.15, 0.2) is 24.4 Å². The third-order valence-corrected chi connectivity index (χ3v) is 4.46. The molecule has 22 heavy (non-hydrogen) atoms. The van der Waals surface area contributed by atoms with E-state index in [1.165, 1.54) is 35.7 Å². The summed E-state index contributed by atoms with van der Waals surface area (Å²) in [5.41, 5.74) is 3.30. The lowest BCUT2D eigenvalue weighted by molar-refractivity contribution is 0.431. The number of aryl methyl sites for hydroxylation is 1. The number of hydrogen-bond acceptors (Lipinski definition) is 3. The van der Waals surface area contributed by atoms with Gasteiger partial charge < -0.3 is 15.2 Å². The Morgan fingerprint density at radius 2 is 2.23 bits per heavy atom. The van der Waals surface area contributed by atoms with Crippen LogP contribution in [0.4, 0.5) is 0 Å². The average Bonchev–Trinajstić information content (AvgIpc) is 2.94. The lowest BCUT2D eigenvalue weighted by atomic mass is 10.0. The number of fused-ring (bicyclic) bond motifs is 1. The first-order chi connectivity index (χ1) is 10.8. The van der Waals surface area contributed by atoms with E-state index >= 15 is 0 Å². The molecule has 0 amide bonds. The monoisotopic (exact) mass is 296 g/mol. The Kier molecular flexibility index (Phi) is 4.77. The van der Waals surface area contributed by atoms with Crippen molar-refractivity contribution < 1.29 is 0 Å². The number of aromatic nitrogens is 1. The number of nitrogens with one attached hydrogen (secondary N) is 2. The molecule has 2 N–H and O–H groups in total. The lowest BCUT2D eigenvalue weighted by Crippen LogP contribution is -2.42. The summed E-state index contributed by atoms with van der Waals surface area (Å²) in [6.45, 7) is 6.25. The second kappa shape index (κ2) is 6.95. The Bertz CT molecular complexity index is 674. The van der Waals surface area contributed by atoms with Crippen LogP contribution in [0.1, 0.15) is 43.4 Å². The molecule has 0 saturated carbocycles. The van der Waals surface area contributed by atoms with E-state index in [1.807, 2.05) is 12.1 Å². The van der Waals surface area contributed by atoms with Gasteiger partial charge in [0.2, 0.25) is 0 Å². The van der Waals surface area contributed by atoms with Crippen molar-refractivity contribution in [2.45, 2.75) is 38.8 Å². The van der Waals surface area contributed by atoms with Gasteiger partial charge in [-0.05, 0) is 30.2 Å². The van der Waals surface area contributed by atoms with Crippen molar-refractivity contribution in [2.75, 3.05) is 19.6 Å². The van der Waals surface area contributed by atoms with Gasteiger partial charge in [0.05, 0.1) is 11.6 Å². The van der Waals surface area contributed by atoms with Crippen molar-refractivity contribution in [3.05, 3.63) is 35.5 Å². The SMILES string of the molecule is CCCCCn1cc(C2CNCCN2)c2cc(C#N)ccc21. The predicted octanol–water partition coefficient (Wildman–Crippen LogP) is 2.94. The smallest absolute Gasteiger partial charge is 0.0991 e. The average molecular weight is 296 g/mol. The molecule has 1 unspecified atom stereocenters. The van der Waals surface area contributed by atoms with Crippen LogP contribution < -0.4 is 10.6 Å². The highest BCUT2D eigenvalue weighted by molar-refractivity contribution is 5.86. The van der Waals surface area contributed by atoms with Gasteiger partial charge in [-0.15, -0.1) is 0 Å². The van der Waals surface area contributed by atoms with Crippen LogP contribution in [-0.2, 0) is 6.54 Å². The van der Waals surface area contributed by atoms with Crippen LogP contribution in [0.2, 0.25) is 0 Å². The van der Waals surface area contributed by atoms with E-state index < -0.39 is 0 Å². The number of piperazine rings is 1. The Hall–Kier alpha value is -1.83. The first-order valence-corrected chi connectivity index (χ1v) is 8.30. The van der Waals surface area contributed by atoms with E-state index in [0.29, 0.717) is 6.04 Å². The largest absolute Gasteiger partial charge is 0.347 e. The van der Waals surface area contributed by atoms with E-state index in [1.54, 1.807) is 0 Å². The van der Waals surface area contributed by atoms with Gasteiger partial charge in [-0.3, -0.25) is 0 Å². The fourth-order valence-electron chi connectivity index (χ4n) is 3.26. The zero-order valence-electron chi connectivity index (χ0n) is 13.2. The maximum atomic E-state index is 9.19. The summed E-state index contributed by atoms with van der Waals surface area (Å²) in [6.07, 6.45) is 5.98. The number of benzene rings is 1. The van der Waals surface area contributed by atoms with Crippen molar-refractivity contribution >= 4 is 10.9 Å². The summed E-state index contributed by atoms with van der Waals surface area (Å²) in [6, 6.07) is 8.66. The molecule has 4 heteroatoms. The van der Waals surface area contributed by atoms with Gasteiger partial charge in [0.25, 0.3) is 0 Å². The van der Waals surface area contributed by atoms with Gasteiger partial charge in [-0.25, -0.2) is 0 Å². The molecule has 0 radical (unpaired) electrons. The van der Waals surface area contributed by atoms with Crippen LogP contribution in [-0.4, -0.2) is 24.2 Å². The number of hydrogen-bond donors (Lipinski definition) is 2. The molecule has 4 nitrogen and oxygen atoms in total. The van der Waals surface area contributed by atoms with Crippen LogP contribution in [0.5, 0.6) is 0 Å². The van der Waals surface area contributed by atoms with E-state index in [9.17, 15) is 5.26 Å². The lowest BCUT2D eigenvalue weighted by Gasteiger charge is -2.24. The molecule has 3 rings (SSSR count). The Morgan fingerprint density at radius 3 is 2.95 bits per heavy atom. The van der Waals surface area contributed by atoms with Gasteiger partial charge >= 0.3 is 0 Å². The topological polar surface area (TPSA) is 52.8 Å².